The van der Waals surface area contributed by atoms with Crippen LogP contribution in [0.2, 0.25) is 5.15 Å². The zero-order valence-electron chi connectivity index (χ0n) is 15.1. The van der Waals surface area contributed by atoms with Crippen LogP contribution in [0, 0.1) is 6.92 Å². The van der Waals surface area contributed by atoms with Gasteiger partial charge in [-0.15, -0.1) is 0 Å². The van der Waals surface area contributed by atoms with Crippen molar-refractivity contribution in [3.63, 3.8) is 0 Å². The highest BCUT2D eigenvalue weighted by Gasteiger charge is 2.56. The first kappa shape index (κ1) is 19.0. The van der Waals surface area contributed by atoms with E-state index in [9.17, 15) is 8.42 Å². The summed E-state index contributed by atoms with van der Waals surface area (Å²) < 4.78 is 47.3. The molecule has 10 nitrogen and oxygen atoms in total. The molecule has 4 rings (SSSR count). The first-order valence-corrected chi connectivity index (χ1v) is 10.5. The van der Waals surface area contributed by atoms with Crippen LogP contribution in [0.1, 0.15) is 25.9 Å². The third-order valence-corrected chi connectivity index (χ3v) is 5.16. The van der Waals surface area contributed by atoms with Crippen molar-refractivity contribution in [1.29, 1.82) is 0 Å². The SMILES string of the molecule is Cc1nc(Cl)c2ncn(C3O[C@H](COS(C)(=O)=O)C4OC(C)(C)OC43)c2n1. The monoisotopic (exact) mass is 418 g/mol. The lowest BCUT2D eigenvalue weighted by Crippen LogP contribution is -2.33. The van der Waals surface area contributed by atoms with E-state index < -0.39 is 40.4 Å². The van der Waals surface area contributed by atoms with Crippen molar-refractivity contribution in [1.82, 2.24) is 19.5 Å². The van der Waals surface area contributed by atoms with Crippen LogP contribution in [0.3, 0.4) is 0 Å². The molecule has 2 fully saturated rings. The van der Waals surface area contributed by atoms with Crippen molar-refractivity contribution < 1.29 is 26.8 Å². The van der Waals surface area contributed by atoms with Crippen LogP contribution in [0.5, 0.6) is 0 Å². The van der Waals surface area contributed by atoms with Gasteiger partial charge in [0.2, 0.25) is 0 Å². The second-order valence-corrected chi connectivity index (χ2v) is 9.01. The summed E-state index contributed by atoms with van der Waals surface area (Å²) in [5.74, 6) is -0.357. The predicted octanol–water partition coefficient (Wildman–Crippen LogP) is 1.18. The van der Waals surface area contributed by atoms with Crippen molar-refractivity contribution in [2.75, 3.05) is 12.9 Å². The highest BCUT2D eigenvalue weighted by atomic mass is 35.5. The lowest BCUT2D eigenvalue weighted by atomic mass is 10.1. The molecule has 2 saturated heterocycles. The third kappa shape index (κ3) is 3.55. The maximum Gasteiger partial charge on any atom is 0.264 e. The Kier molecular flexibility index (Phi) is 4.44. The normalized spacial score (nSPS) is 30.1. The fraction of sp³-hybridized carbons (Fsp3) is 0.667. The number of aromatic nitrogens is 4. The zero-order chi connectivity index (χ0) is 19.6. The number of hydrogen-bond acceptors (Lipinski definition) is 9. The van der Waals surface area contributed by atoms with Crippen LogP contribution < -0.4 is 0 Å². The first-order chi connectivity index (χ1) is 12.5. The van der Waals surface area contributed by atoms with Gasteiger partial charge in [0.1, 0.15) is 29.7 Å². The third-order valence-electron chi connectivity index (χ3n) is 4.34. The average Bonchev–Trinajstić information content (AvgIpc) is 3.15. The predicted molar refractivity (Wildman–Crippen MR) is 93.6 cm³/mol. The summed E-state index contributed by atoms with van der Waals surface area (Å²) in [5.41, 5.74) is 0.936. The van der Waals surface area contributed by atoms with Crippen LogP contribution in [-0.4, -0.2) is 64.9 Å². The zero-order valence-corrected chi connectivity index (χ0v) is 16.7. The van der Waals surface area contributed by atoms with Crippen LogP contribution in [0.4, 0.5) is 0 Å². The molecule has 0 aliphatic carbocycles. The molecule has 2 aromatic heterocycles. The number of nitrogens with zero attached hydrogens (tertiary/aromatic N) is 4. The molecule has 0 saturated carbocycles. The smallest absolute Gasteiger partial charge is 0.264 e. The Hall–Kier alpha value is -1.37. The largest absolute Gasteiger partial charge is 0.347 e. The molecule has 0 radical (unpaired) electrons. The molecule has 0 bridgehead atoms. The van der Waals surface area contributed by atoms with E-state index in [4.69, 9.17) is 30.0 Å². The van der Waals surface area contributed by atoms with Gasteiger partial charge in [-0.1, -0.05) is 11.6 Å². The quantitative estimate of drug-likeness (QED) is 0.533. The van der Waals surface area contributed by atoms with Gasteiger partial charge in [0.15, 0.2) is 22.8 Å². The molecule has 12 heteroatoms. The molecule has 148 valence electrons. The molecule has 27 heavy (non-hydrogen) atoms. The minimum atomic E-state index is -3.62. The lowest BCUT2D eigenvalue weighted by Gasteiger charge is -2.24. The second-order valence-electron chi connectivity index (χ2n) is 7.00. The van der Waals surface area contributed by atoms with Gasteiger partial charge in [0, 0.05) is 0 Å². The number of rotatable bonds is 4. The minimum Gasteiger partial charge on any atom is -0.347 e. The van der Waals surface area contributed by atoms with Gasteiger partial charge in [0.05, 0.1) is 19.2 Å². The Balaban J connectivity index is 1.70. The van der Waals surface area contributed by atoms with Gasteiger partial charge in [-0.25, -0.2) is 15.0 Å². The van der Waals surface area contributed by atoms with E-state index in [0.29, 0.717) is 17.0 Å². The molecule has 0 N–H and O–H groups in total. The molecule has 2 aliphatic rings. The summed E-state index contributed by atoms with van der Waals surface area (Å²) >= 11 is 6.16. The van der Waals surface area contributed by atoms with E-state index in [0.717, 1.165) is 6.26 Å². The number of ether oxygens (including phenoxy) is 3. The molecule has 0 spiro atoms. The van der Waals surface area contributed by atoms with E-state index in [1.807, 2.05) is 0 Å². The van der Waals surface area contributed by atoms with Gasteiger partial charge < -0.3 is 14.2 Å². The van der Waals surface area contributed by atoms with Crippen molar-refractivity contribution in [2.45, 2.75) is 51.1 Å². The molecule has 0 amide bonds. The topological polar surface area (TPSA) is 115 Å². The molecule has 2 aromatic rings. The van der Waals surface area contributed by atoms with Crippen molar-refractivity contribution in [3.05, 3.63) is 17.3 Å². The summed E-state index contributed by atoms with van der Waals surface area (Å²) in [6.07, 6.45) is 0.230. The summed E-state index contributed by atoms with van der Waals surface area (Å²) in [6, 6.07) is 0. The Morgan fingerprint density at radius 1 is 1.30 bits per heavy atom. The number of fused-ring (bicyclic) bond motifs is 2. The Labute approximate surface area is 160 Å². The number of hydrogen-bond donors (Lipinski definition) is 0. The Morgan fingerprint density at radius 2 is 2.00 bits per heavy atom. The van der Waals surface area contributed by atoms with Gasteiger partial charge in [-0.2, -0.15) is 8.42 Å². The summed E-state index contributed by atoms with van der Waals surface area (Å²) in [4.78, 5) is 12.8. The van der Waals surface area contributed by atoms with Crippen molar-refractivity contribution >= 4 is 32.9 Å². The molecular weight excluding hydrogens is 400 g/mol. The van der Waals surface area contributed by atoms with Gasteiger partial charge in [0.25, 0.3) is 10.1 Å². The number of imidazole rings is 1. The molecule has 0 aromatic carbocycles. The molecule has 3 unspecified atom stereocenters. The molecule has 2 aliphatic heterocycles. The van der Waals surface area contributed by atoms with Crippen LogP contribution in [0.15, 0.2) is 6.33 Å². The first-order valence-electron chi connectivity index (χ1n) is 8.26. The lowest BCUT2D eigenvalue weighted by molar-refractivity contribution is -0.198. The minimum absolute atomic E-state index is 0.183. The van der Waals surface area contributed by atoms with Crippen LogP contribution >= 0.6 is 11.6 Å². The van der Waals surface area contributed by atoms with E-state index in [1.54, 1.807) is 31.7 Å². The van der Waals surface area contributed by atoms with Crippen LogP contribution in [0.25, 0.3) is 11.2 Å². The van der Waals surface area contributed by atoms with Gasteiger partial charge in [-0.3, -0.25) is 8.75 Å². The van der Waals surface area contributed by atoms with Crippen molar-refractivity contribution in [2.24, 2.45) is 0 Å². The Bertz CT molecular complexity index is 994. The highest BCUT2D eigenvalue weighted by molar-refractivity contribution is 7.85. The van der Waals surface area contributed by atoms with E-state index in [1.165, 1.54) is 0 Å². The average molecular weight is 419 g/mol. The maximum atomic E-state index is 11.4. The fourth-order valence-electron chi connectivity index (χ4n) is 3.38. The standard InChI is InChI=1S/C15H19ClN4O6S/c1-7-18-12(16)9-13(19-7)20(6-17-9)14-11-10(25-15(2,3)26-11)8(24-14)5-23-27(4,21)22/h6,8,10-11,14H,5H2,1-4H3/t8-,10?,11?,14?/m1/s1. The number of halogens is 1. The molecular formula is C15H19ClN4O6S. The summed E-state index contributed by atoms with van der Waals surface area (Å²) in [6.45, 7) is 5.11. The molecule has 4 atom stereocenters. The van der Waals surface area contributed by atoms with E-state index in [-0.39, 0.29) is 11.8 Å². The fourth-order valence-corrected chi connectivity index (χ4v) is 4.02. The Morgan fingerprint density at radius 3 is 2.70 bits per heavy atom. The van der Waals surface area contributed by atoms with E-state index in [2.05, 4.69) is 15.0 Å². The highest BCUT2D eigenvalue weighted by Crippen LogP contribution is 2.44. The van der Waals surface area contributed by atoms with Crippen molar-refractivity contribution in [3.8, 4) is 0 Å². The maximum absolute atomic E-state index is 11.4. The second kappa shape index (κ2) is 6.33. The van der Waals surface area contributed by atoms with Gasteiger partial charge in [-0.05, 0) is 20.8 Å². The van der Waals surface area contributed by atoms with Gasteiger partial charge >= 0.3 is 0 Å². The van der Waals surface area contributed by atoms with E-state index >= 15 is 0 Å². The summed E-state index contributed by atoms with van der Waals surface area (Å²) in [5, 5.41) is 0.242. The molecule has 4 heterocycles. The summed E-state index contributed by atoms with van der Waals surface area (Å²) in [7, 11) is -3.62. The number of aryl methyl sites for hydroxylation is 1. The van der Waals surface area contributed by atoms with Crippen LogP contribution in [-0.2, 0) is 28.5 Å².